The van der Waals surface area contributed by atoms with Gasteiger partial charge in [0, 0.05) is 31.0 Å². The van der Waals surface area contributed by atoms with E-state index in [1.807, 2.05) is 17.7 Å². The number of thioether (sulfide) groups is 1. The first-order chi connectivity index (χ1) is 9.75. The summed E-state index contributed by atoms with van der Waals surface area (Å²) in [4.78, 5) is 0.801. The fourth-order valence-electron chi connectivity index (χ4n) is 2.49. The Morgan fingerprint density at radius 3 is 3.20 bits per heavy atom. The number of benzene rings is 1. The second kappa shape index (κ2) is 5.93. The van der Waals surface area contributed by atoms with Crippen LogP contribution in [-0.4, -0.2) is 27.1 Å². The molecule has 1 aliphatic rings. The van der Waals surface area contributed by atoms with Crippen molar-refractivity contribution in [3.8, 4) is 0 Å². The van der Waals surface area contributed by atoms with E-state index in [1.165, 1.54) is 6.07 Å². The van der Waals surface area contributed by atoms with Crippen molar-refractivity contribution in [1.29, 1.82) is 0 Å². The lowest BCUT2D eigenvalue weighted by molar-refractivity contribution is 0.495. The number of aryl methyl sites for hydroxylation is 1. The number of rotatable bonds is 4. The van der Waals surface area contributed by atoms with E-state index in [0.29, 0.717) is 0 Å². The Morgan fingerprint density at radius 1 is 1.50 bits per heavy atom. The Kier molecular flexibility index (Phi) is 4.03. The summed E-state index contributed by atoms with van der Waals surface area (Å²) in [5.74, 6) is 1.81. The fraction of sp³-hybridized carbons (Fsp3) is 0.429. The average Bonchev–Trinajstić information content (AvgIpc) is 2.86. The molecule has 1 atom stereocenters. The van der Waals surface area contributed by atoms with E-state index in [9.17, 15) is 4.39 Å². The van der Waals surface area contributed by atoms with Gasteiger partial charge < -0.3 is 9.88 Å². The number of hydrogen-bond donors (Lipinski definition) is 1. The molecule has 1 aliphatic heterocycles. The van der Waals surface area contributed by atoms with Gasteiger partial charge in [-0.2, -0.15) is 0 Å². The van der Waals surface area contributed by atoms with Gasteiger partial charge in [-0.25, -0.2) is 4.39 Å². The van der Waals surface area contributed by atoms with Crippen molar-refractivity contribution in [3.05, 3.63) is 41.7 Å². The van der Waals surface area contributed by atoms with Crippen LogP contribution < -0.4 is 5.32 Å². The largest absolute Gasteiger partial charge is 0.321 e. The molecule has 0 saturated heterocycles. The van der Waals surface area contributed by atoms with Crippen LogP contribution in [0.25, 0.3) is 0 Å². The van der Waals surface area contributed by atoms with Crippen LogP contribution in [0.15, 0.2) is 29.4 Å². The van der Waals surface area contributed by atoms with Crippen molar-refractivity contribution >= 4 is 11.8 Å². The van der Waals surface area contributed by atoms with Crippen molar-refractivity contribution in [3.63, 3.8) is 0 Å². The van der Waals surface area contributed by atoms with Gasteiger partial charge in [0.25, 0.3) is 0 Å². The molecule has 0 aliphatic carbocycles. The molecule has 0 radical (unpaired) electrons. The van der Waals surface area contributed by atoms with Crippen LogP contribution >= 0.6 is 11.8 Å². The standard InChI is InChI=1S/C14H17FN4S/c1-19-9-17-18-13(19)5-7-16-12-6-8-20-14-10(12)3-2-4-11(14)15/h2-4,9,12,16H,5-8H2,1H3. The molecule has 20 heavy (non-hydrogen) atoms. The highest BCUT2D eigenvalue weighted by atomic mass is 32.2. The molecule has 1 N–H and O–H groups in total. The maximum Gasteiger partial charge on any atom is 0.137 e. The Morgan fingerprint density at radius 2 is 2.40 bits per heavy atom. The molecule has 0 saturated carbocycles. The number of aromatic nitrogens is 3. The van der Waals surface area contributed by atoms with E-state index in [2.05, 4.69) is 15.5 Å². The summed E-state index contributed by atoms with van der Waals surface area (Å²) >= 11 is 1.61. The first-order valence-electron chi connectivity index (χ1n) is 6.73. The summed E-state index contributed by atoms with van der Waals surface area (Å²) < 4.78 is 15.7. The summed E-state index contributed by atoms with van der Waals surface area (Å²) in [6.45, 7) is 0.817. The minimum atomic E-state index is -0.104. The van der Waals surface area contributed by atoms with E-state index < -0.39 is 0 Å². The van der Waals surface area contributed by atoms with Gasteiger partial charge in [-0.15, -0.1) is 22.0 Å². The van der Waals surface area contributed by atoms with Crippen LogP contribution in [0.3, 0.4) is 0 Å². The minimum absolute atomic E-state index is 0.104. The molecule has 1 unspecified atom stereocenters. The van der Waals surface area contributed by atoms with Crippen molar-refractivity contribution in [2.24, 2.45) is 7.05 Å². The van der Waals surface area contributed by atoms with Gasteiger partial charge in [-0.1, -0.05) is 12.1 Å². The van der Waals surface area contributed by atoms with Gasteiger partial charge in [0.2, 0.25) is 0 Å². The molecule has 4 nitrogen and oxygen atoms in total. The molecule has 2 heterocycles. The number of hydrogen-bond acceptors (Lipinski definition) is 4. The molecule has 6 heteroatoms. The zero-order valence-electron chi connectivity index (χ0n) is 11.3. The van der Waals surface area contributed by atoms with E-state index in [0.717, 1.165) is 41.4 Å². The minimum Gasteiger partial charge on any atom is -0.321 e. The predicted molar refractivity (Wildman–Crippen MR) is 77.2 cm³/mol. The highest BCUT2D eigenvalue weighted by Crippen LogP contribution is 2.37. The first kappa shape index (κ1) is 13.6. The summed E-state index contributed by atoms with van der Waals surface area (Å²) in [5.41, 5.74) is 1.08. The molecule has 1 aromatic heterocycles. The van der Waals surface area contributed by atoms with Crippen molar-refractivity contribution in [2.45, 2.75) is 23.8 Å². The van der Waals surface area contributed by atoms with E-state index in [4.69, 9.17) is 0 Å². The van der Waals surface area contributed by atoms with Crippen molar-refractivity contribution in [1.82, 2.24) is 20.1 Å². The SMILES string of the molecule is Cn1cnnc1CCNC1CCSc2c(F)cccc21. The molecular weight excluding hydrogens is 275 g/mol. The summed E-state index contributed by atoms with van der Waals surface area (Å²) in [6.07, 6.45) is 3.56. The van der Waals surface area contributed by atoms with Crippen molar-refractivity contribution in [2.75, 3.05) is 12.3 Å². The van der Waals surface area contributed by atoms with Crippen LogP contribution in [0.4, 0.5) is 4.39 Å². The summed E-state index contributed by atoms with van der Waals surface area (Å²) in [6, 6.07) is 5.57. The van der Waals surface area contributed by atoms with Crippen LogP contribution in [0.1, 0.15) is 23.9 Å². The quantitative estimate of drug-likeness (QED) is 0.939. The predicted octanol–water partition coefficient (Wildman–Crippen LogP) is 2.32. The van der Waals surface area contributed by atoms with Gasteiger partial charge in [-0.05, 0) is 23.8 Å². The Bertz CT molecular complexity index is 599. The van der Waals surface area contributed by atoms with Gasteiger partial charge in [-0.3, -0.25) is 0 Å². The highest BCUT2D eigenvalue weighted by Gasteiger charge is 2.22. The number of halogens is 1. The Balaban J connectivity index is 1.65. The third-order valence-electron chi connectivity index (χ3n) is 3.57. The summed E-state index contributed by atoms with van der Waals surface area (Å²) in [7, 11) is 1.94. The highest BCUT2D eigenvalue weighted by molar-refractivity contribution is 7.99. The second-order valence-electron chi connectivity index (χ2n) is 4.91. The van der Waals surface area contributed by atoms with Crippen LogP contribution in [-0.2, 0) is 13.5 Å². The molecule has 106 valence electrons. The Labute approximate surface area is 121 Å². The second-order valence-corrected chi connectivity index (χ2v) is 6.02. The molecule has 0 fully saturated rings. The van der Waals surface area contributed by atoms with E-state index in [1.54, 1.807) is 24.2 Å². The molecule has 2 aromatic rings. The van der Waals surface area contributed by atoms with Gasteiger partial charge in [0.15, 0.2) is 0 Å². The summed E-state index contributed by atoms with van der Waals surface area (Å²) in [5, 5.41) is 11.4. The van der Waals surface area contributed by atoms with Crippen LogP contribution in [0.2, 0.25) is 0 Å². The maximum atomic E-state index is 13.8. The molecular formula is C14H17FN4S. The zero-order valence-corrected chi connectivity index (χ0v) is 12.2. The van der Waals surface area contributed by atoms with E-state index >= 15 is 0 Å². The molecule has 0 bridgehead atoms. The number of nitrogens with one attached hydrogen (secondary N) is 1. The lowest BCUT2D eigenvalue weighted by Crippen LogP contribution is -2.27. The lowest BCUT2D eigenvalue weighted by atomic mass is 10.0. The normalized spacial score (nSPS) is 18.0. The third-order valence-corrected chi connectivity index (χ3v) is 4.73. The zero-order chi connectivity index (χ0) is 13.9. The van der Waals surface area contributed by atoms with Crippen LogP contribution in [0.5, 0.6) is 0 Å². The van der Waals surface area contributed by atoms with Gasteiger partial charge in [0.1, 0.15) is 18.0 Å². The fourth-order valence-corrected chi connectivity index (χ4v) is 3.63. The number of nitrogens with zero attached hydrogens (tertiary/aromatic N) is 3. The molecule has 1 aromatic carbocycles. The first-order valence-corrected chi connectivity index (χ1v) is 7.71. The number of fused-ring (bicyclic) bond motifs is 1. The Hall–Kier alpha value is -1.40. The molecule has 0 spiro atoms. The monoisotopic (exact) mass is 292 g/mol. The lowest BCUT2D eigenvalue weighted by Gasteiger charge is -2.26. The molecule has 0 amide bonds. The van der Waals surface area contributed by atoms with Crippen molar-refractivity contribution < 1.29 is 4.39 Å². The topological polar surface area (TPSA) is 42.7 Å². The van der Waals surface area contributed by atoms with E-state index in [-0.39, 0.29) is 11.9 Å². The van der Waals surface area contributed by atoms with Gasteiger partial charge >= 0.3 is 0 Å². The molecule has 3 rings (SSSR count). The third kappa shape index (κ3) is 2.71. The average molecular weight is 292 g/mol. The van der Waals surface area contributed by atoms with Gasteiger partial charge in [0.05, 0.1) is 0 Å². The van der Waals surface area contributed by atoms with Crippen LogP contribution in [0, 0.1) is 5.82 Å². The maximum absolute atomic E-state index is 13.8. The smallest absolute Gasteiger partial charge is 0.137 e.